The zero-order chi connectivity index (χ0) is 14.5. The minimum Gasteiger partial charge on any atom is -1.00 e. The monoisotopic (exact) mass is 326 g/mol. The number of hydrogen-bond donors (Lipinski definition) is 1. The Kier molecular flexibility index (Phi) is 6.24. The van der Waals surface area contributed by atoms with E-state index in [0.29, 0.717) is 0 Å². The SMILES string of the molecule is OC(C(F)(F)F)(C(F)(F)F)C(F)(F)C(F)(F)F.[H-].[K+]. The molecule has 0 spiro atoms. The van der Waals surface area contributed by atoms with Gasteiger partial charge in [0.1, 0.15) is 0 Å². The molecule has 0 saturated heterocycles. The van der Waals surface area contributed by atoms with Gasteiger partial charge in [-0.15, -0.1) is 0 Å². The quantitative estimate of drug-likeness (QED) is 0.538. The van der Waals surface area contributed by atoms with Crippen molar-refractivity contribution in [3.8, 4) is 0 Å². The fourth-order valence-corrected chi connectivity index (χ4v) is 0.722. The zero-order valence-corrected chi connectivity index (χ0v) is 11.2. The first-order valence-corrected chi connectivity index (χ1v) is 3.30. The third-order valence-corrected chi connectivity index (χ3v) is 1.63. The number of alkyl halides is 11. The first kappa shape index (κ1) is 21.1. The smallest absolute Gasteiger partial charge is 1.00 e. The van der Waals surface area contributed by atoms with E-state index in [0.717, 1.165) is 0 Å². The number of aliphatic hydroxyl groups is 1. The third-order valence-electron chi connectivity index (χ3n) is 1.63. The summed E-state index contributed by atoms with van der Waals surface area (Å²) in [7, 11) is 0. The molecule has 106 valence electrons. The first-order valence-electron chi connectivity index (χ1n) is 3.30. The molecular weight excluding hydrogens is 324 g/mol. The first-order chi connectivity index (χ1) is 7.00. The summed E-state index contributed by atoms with van der Waals surface area (Å²) in [5.41, 5.74) is -7.20. The molecule has 0 aromatic carbocycles. The van der Waals surface area contributed by atoms with Crippen molar-refractivity contribution in [2.24, 2.45) is 0 Å². The second kappa shape index (κ2) is 5.31. The Morgan fingerprint density at radius 1 is 0.556 bits per heavy atom. The van der Waals surface area contributed by atoms with Crippen molar-refractivity contribution in [3.05, 3.63) is 0 Å². The van der Waals surface area contributed by atoms with Crippen molar-refractivity contribution in [1.82, 2.24) is 0 Å². The molecule has 0 heterocycles. The van der Waals surface area contributed by atoms with Crippen LogP contribution in [0, 0.1) is 0 Å². The molecule has 0 fully saturated rings. The fourth-order valence-electron chi connectivity index (χ4n) is 0.722. The Morgan fingerprint density at radius 3 is 0.833 bits per heavy atom. The minimum atomic E-state index is -7.43. The molecule has 0 aromatic heterocycles. The molecule has 0 amide bonds. The van der Waals surface area contributed by atoms with E-state index in [-0.39, 0.29) is 52.8 Å². The predicted octanol–water partition coefficient (Wildman–Crippen LogP) is 0.156. The van der Waals surface area contributed by atoms with Gasteiger partial charge in [-0.2, -0.15) is 48.3 Å². The van der Waals surface area contributed by atoms with Crippen molar-refractivity contribution in [3.63, 3.8) is 0 Å². The Labute approximate surface area is 135 Å². The summed E-state index contributed by atoms with van der Waals surface area (Å²) in [5, 5.41) is 7.83. The standard InChI is InChI=1S/C5HF11O.K.H/c6-2(7,5(14,15)16)1(17,3(8,9)10)4(11,12)13;;/h17H;;/q;+1;-1. The van der Waals surface area contributed by atoms with Gasteiger partial charge in [0.15, 0.2) is 0 Å². The summed E-state index contributed by atoms with van der Waals surface area (Å²) in [5.74, 6) is -7.43. The maximum absolute atomic E-state index is 12.2. The largest absolute Gasteiger partial charge is 1.00 e. The molecule has 18 heavy (non-hydrogen) atoms. The average Bonchev–Trinajstić information content (AvgIpc) is 1.95. The topological polar surface area (TPSA) is 20.2 Å². The molecule has 0 rings (SSSR count). The molecule has 0 aliphatic carbocycles. The molecule has 0 saturated carbocycles. The van der Waals surface area contributed by atoms with E-state index in [9.17, 15) is 48.3 Å². The molecule has 0 bridgehead atoms. The van der Waals surface area contributed by atoms with Crippen molar-refractivity contribution < 1.29 is 106 Å². The Balaban J connectivity index is -0.00000128. The summed E-state index contributed by atoms with van der Waals surface area (Å²) in [6, 6.07) is 0. The van der Waals surface area contributed by atoms with E-state index in [1.807, 2.05) is 0 Å². The molecule has 13 heteroatoms. The van der Waals surface area contributed by atoms with E-state index in [1.165, 1.54) is 0 Å². The molecule has 0 radical (unpaired) electrons. The maximum Gasteiger partial charge on any atom is 1.00 e. The average molecular weight is 326 g/mol. The van der Waals surface area contributed by atoms with Crippen LogP contribution < -0.4 is 51.4 Å². The van der Waals surface area contributed by atoms with Crippen molar-refractivity contribution in [2.75, 3.05) is 0 Å². The summed E-state index contributed by atoms with van der Waals surface area (Å²) in [6.07, 6.45) is -21.7. The molecule has 1 N–H and O–H groups in total. The molecule has 0 aromatic rings. The van der Waals surface area contributed by atoms with Gasteiger partial charge in [0.25, 0.3) is 0 Å². The van der Waals surface area contributed by atoms with Crippen molar-refractivity contribution in [2.45, 2.75) is 30.1 Å². The van der Waals surface area contributed by atoms with E-state index in [4.69, 9.17) is 5.11 Å². The summed E-state index contributed by atoms with van der Waals surface area (Å²) in [4.78, 5) is 0. The van der Waals surface area contributed by atoms with Crippen molar-refractivity contribution >= 4 is 0 Å². The van der Waals surface area contributed by atoms with Crippen molar-refractivity contribution in [1.29, 1.82) is 0 Å². The van der Waals surface area contributed by atoms with Crippen LogP contribution in [0.5, 0.6) is 0 Å². The number of hydrogen-bond acceptors (Lipinski definition) is 1. The maximum atomic E-state index is 12.2. The van der Waals surface area contributed by atoms with Gasteiger partial charge in [0.05, 0.1) is 0 Å². The van der Waals surface area contributed by atoms with Gasteiger partial charge < -0.3 is 6.53 Å². The molecule has 0 aliphatic rings. The predicted molar refractivity (Wildman–Crippen MR) is 29.2 cm³/mol. The van der Waals surface area contributed by atoms with E-state index in [2.05, 4.69) is 0 Å². The van der Waals surface area contributed by atoms with Crippen LogP contribution in [0.2, 0.25) is 0 Å². The molecule has 0 unspecified atom stereocenters. The van der Waals surface area contributed by atoms with Crippen LogP contribution in [0.15, 0.2) is 0 Å². The van der Waals surface area contributed by atoms with Crippen LogP contribution in [0.1, 0.15) is 1.43 Å². The van der Waals surface area contributed by atoms with Gasteiger partial charge >= 0.3 is 81.4 Å². The van der Waals surface area contributed by atoms with Crippen LogP contribution in [0.25, 0.3) is 0 Å². The van der Waals surface area contributed by atoms with Crippen LogP contribution in [0.3, 0.4) is 0 Å². The zero-order valence-electron chi connectivity index (χ0n) is 9.10. The minimum absolute atomic E-state index is 0. The second-order valence-corrected chi connectivity index (χ2v) is 2.78. The van der Waals surface area contributed by atoms with Gasteiger partial charge in [-0.3, -0.25) is 0 Å². The van der Waals surface area contributed by atoms with Gasteiger partial charge in [0.2, 0.25) is 0 Å². The summed E-state index contributed by atoms with van der Waals surface area (Å²) < 4.78 is 129. The van der Waals surface area contributed by atoms with Gasteiger partial charge in [0, 0.05) is 0 Å². The Bertz CT molecular complexity index is 277. The molecule has 0 atom stereocenters. The van der Waals surface area contributed by atoms with Crippen LogP contribution in [-0.2, 0) is 0 Å². The number of rotatable bonds is 1. The summed E-state index contributed by atoms with van der Waals surface area (Å²) in [6.45, 7) is 0. The normalized spacial score (nSPS) is 15.3. The summed E-state index contributed by atoms with van der Waals surface area (Å²) >= 11 is 0. The van der Waals surface area contributed by atoms with E-state index < -0.39 is 30.1 Å². The van der Waals surface area contributed by atoms with Gasteiger partial charge in [-0.1, -0.05) is 0 Å². The fraction of sp³-hybridized carbons (Fsp3) is 1.00. The van der Waals surface area contributed by atoms with Crippen LogP contribution in [0.4, 0.5) is 48.3 Å². The molecule has 0 aliphatic heterocycles. The Hall–Kier alpha value is 0.826. The second-order valence-electron chi connectivity index (χ2n) is 2.78. The van der Waals surface area contributed by atoms with Gasteiger partial charge in [-0.05, 0) is 0 Å². The van der Waals surface area contributed by atoms with E-state index >= 15 is 0 Å². The van der Waals surface area contributed by atoms with Gasteiger partial charge in [-0.25, -0.2) is 0 Å². The van der Waals surface area contributed by atoms with Crippen LogP contribution in [-0.4, -0.2) is 35.2 Å². The Morgan fingerprint density at radius 2 is 0.778 bits per heavy atom. The molecule has 1 nitrogen and oxygen atoms in total. The number of halogens is 11. The molecular formula is C5H2F11KO. The third kappa shape index (κ3) is 3.11. The van der Waals surface area contributed by atoms with E-state index in [1.54, 1.807) is 0 Å². The van der Waals surface area contributed by atoms with Crippen LogP contribution >= 0.6 is 0 Å².